The normalized spacial score (nSPS) is 10.5. The van der Waals surface area contributed by atoms with Gasteiger partial charge in [-0.3, -0.25) is 0 Å². The number of aromatic nitrogens is 1. The smallest absolute Gasteiger partial charge is 0.365 e. The molecule has 0 unspecified atom stereocenters. The lowest BCUT2D eigenvalue weighted by Gasteiger charge is -1.98. The Labute approximate surface area is 95.7 Å². The summed E-state index contributed by atoms with van der Waals surface area (Å²) in [5.41, 5.74) is 1.79. The number of aromatic carboxylic acids is 1. The minimum absolute atomic E-state index is 0.125. The number of carbonyl (C=O) groups is 1. The van der Waals surface area contributed by atoms with Crippen molar-refractivity contribution in [3.8, 4) is 0 Å². The maximum absolute atomic E-state index is 10.6. The zero-order chi connectivity index (χ0) is 11.4. The fourth-order valence-electron chi connectivity index (χ4n) is 1.21. The first kappa shape index (κ1) is 10.8. The lowest BCUT2D eigenvalue weighted by atomic mass is 10.3. The van der Waals surface area contributed by atoms with Crippen LogP contribution in [0.1, 0.15) is 21.1 Å². The number of carboxylic acids is 1. The van der Waals surface area contributed by atoms with Crippen LogP contribution in [0.25, 0.3) is 0 Å². The van der Waals surface area contributed by atoms with Gasteiger partial charge >= 0.3 is 5.97 Å². The summed E-state index contributed by atoms with van der Waals surface area (Å²) in [6, 6.07) is 1.87. The van der Waals surface area contributed by atoms with Crippen LogP contribution in [0.4, 0.5) is 0 Å². The molecule has 2 aromatic rings. The molecule has 0 aliphatic rings. The second-order valence-corrected chi connectivity index (χ2v) is 4.04. The van der Waals surface area contributed by atoms with Gasteiger partial charge in [-0.1, -0.05) is 0 Å². The first-order chi connectivity index (χ1) is 7.75. The van der Waals surface area contributed by atoms with Crippen LogP contribution in [0.5, 0.6) is 0 Å². The standard InChI is InChI=1S/C10H10N2O3S/c13-10(14)9-12-8(6-16-9)4-11-3-7-1-2-15-5-7/h1-2,5-6,11H,3-4H2,(H,13,14). The summed E-state index contributed by atoms with van der Waals surface area (Å²) in [6.07, 6.45) is 3.28. The number of hydrogen-bond donors (Lipinski definition) is 2. The highest BCUT2D eigenvalue weighted by Gasteiger charge is 2.08. The average molecular weight is 238 g/mol. The molecule has 16 heavy (non-hydrogen) atoms. The summed E-state index contributed by atoms with van der Waals surface area (Å²) in [7, 11) is 0. The molecule has 0 bridgehead atoms. The Kier molecular flexibility index (Phi) is 3.33. The molecule has 2 heterocycles. The summed E-state index contributed by atoms with van der Waals surface area (Å²) in [4.78, 5) is 14.6. The van der Waals surface area contributed by atoms with E-state index in [-0.39, 0.29) is 5.01 Å². The van der Waals surface area contributed by atoms with E-state index in [0.717, 1.165) is 22.6 Å². The van der Waals surface area contributed by atoms with Crippen LogP contribution < -0.4 is 5.32 Å². The summed E-state index contributed by atoms with van der Waals surface area (Å²) in [5, 5.41) is 13.7. The third-order valence-electron chi connectivity index (χ3n) is 1.95. The Morgan fingerprint density at radius 2 is 2.44 bits per heavy atom. The van der Waals surface area contributed by atoms with E-state index in [0.29, 0.717) is 13.1 Å². The molecule has 2 aromatic heterocycles. The molecular weight excluding hydrogens is 228 g/mol. The maximum atomic E-state index is 10.6. The van der Waals surface area contributed by atoms with Crippen molar-refractivity contribution in [1.29, 1.82) is 0 Å². The lowest BCUT2D eigenvalue weighted by Crippen LogP contribution is -2.12. The second kappa shape index (κ2) is 4.91. The Bertz CT molecular complexity index is 464. The van der Waals surface area contributed by atoms with Gasteiger partial charge in [0, 0.05) is 24.0 Å². The molecule has 0 amide bonds. The van der Waals surface area contributed by atoms with Crippen LogP contribution in [0.3, 0.4) is 0 Å². The van der Waals surface area contributed by atoms with Gasteiger partial charge < -0.3 is 14.8 Å². The van der Waals surface area contributed by atoms with Crippen molar-refractivity contribution in [3.63, 3.8) is 0 Å². The largest absolute Gasteiger partial charge is 0.476 e. The van der Waals surface area contributed by atoms with E-state index in [4.69, 9.17) is 9.52 Å². The molecule has 0 aliphatic carbocycles. The average Bonchev–Trinajstić information content (AvgIpc) is 2.87. The first-order valence-electron chi connectivity index (χ1n) is 4.65. The Balaban J connectivity index is 1.83. The topological polar surface area (TPSA) is 75.4 Å². The van der Waals surface area contributed by atoms with E-state index in [1.807, 2.05) is 6.07 Å². The highest BCUT2D eigenvalue weighted by molar-refractivity contribution is 7.11. The van der Waals surface area contributed by atoms with Crippen molar-refractivity contribution >= 4 is 17.3 Å². The summed E-state index contributed by atoms with van der Waals surface area (Å²) in [5.74, 6) is -0.980. The van der Waals surface area contributed by atoms with E-state index in [2.05, 4.69) is 10.3 Å². The van der Waals surface area contributed by atoms with Crippen molar-refractivity contribution in [2.75, 3.05) is 0 Å². The fraction of sp³-hybridized carbons (Fsp3) is 0.200. The van der Waals surface area contributed by atoms with Gasteiger partial charge in [0.2, 0.25) is 5.01 Å². The van der Waals surface area contributed by atoms with Crippen LogP contribution in [0, 0.1) is 0 Å². The predicted octanol–water partition coefficient (Wildman–Crippen LogP) is 1.72. The lowest BCUT2D eigenvalue weighted by molar-refractivity contribution is 0.0696. The quantitative estimate of drug-likeness (QED) is 0.829. The number of nitrogens with one attached hydrogen (secondary N) is 1. The zero-order valence-electron chi connectivity index (χ0n) is 8.34. The first-order valence-corrected chi connectivity index (χ1v) is 5.53. The minimum Gasteiger partial charge on any atom is -0.476 e. The molecule has 0 saturated heterocycles. The summed E-state index contributed by atoms with van der Waals surface area (Å²) in [6.45, 7) is 1.23. The zero-order valence-corrected chi connectivity index (χ0v) is 9.16. The predicted molar refractivity (Wildman–Crippen MR) is 58.3 cm³/mol. The molecule has 0 spiro atoms. The van der Waals surface area contributed by atoms with Gasteiger partial charge in [-0.15, -0.1) is 11.3 Å². The molecule has 0 fully saturated rings. The highest BCUT2D eigenvalue weighted by atomic mass is 32.1. The number of furan rings is 1. The molecule has 2 N–H and O–H groups in total. The van der Waals surface area contributed by atoms with Crippen LogP contribution in [-0.4, -0.2) is 16.1 Å². The second-order valence-electron chi connectivity index (χ2n) is 3.18. The summed E-state index contributed by atoms with van der Waals surface area (Å²) >= 11 is 1.14. The van der Waals surface area contributed by atoms with Gasteiger partial charge in [0.25, 0.3) is 0 Å². The molecule has 0 atom stereocenters. The Hall–Kier alpha value is -1.66. The van der Waals surface area contributed by atoms with Gasteiger partial charge in [-0.25, -0.2) is 9.78 Å². The number of carboxylic acid groups (broad SMARTS) is 1. The van der Waals surface area contributed by atoms with Crippen LogP contribution in [-0.2, 0) is 13.1 Å². The highest BCUT2D eigenvalue weighted by Crippen LogP contribution is 2.09. The van der Waals surface area contributed by atoms with Gasteiger partial charge in [0.1, 0.15) is 0 Å². The molecule has 0 saturated carbocycles. The number of rotatable bonds is 5. The molecule has 0 aliphatic heterocycles. The van der Waals surface area contributed by atoms with Crippen molar-refractivity contribution in [1.82, 2.24) is 10.3 Å². The van der Waals surface area contributed by atoms with Gasteiger partial charge in [0.15, 0.2) is 0 Å². The van der Waals surface area contributed by atoms with E-state index >= 15 is 0 Å². The van der Waals surface area contributed by atoms with Gasteiger partial charge in [0.05, 0.1) is 18.2 Å². The maximum Gasteiger partial charge on any atom is 0.365 e. The monoisotopic (exact) mass is 238 g/mol. The van der Waals surface area contributed by atoms with Crippen LogP contribution >= 0.6 is 11.3 Å². The van der Waals surface area contributed by atoms with E-state index < -0.39 is 5.97 Å². The Morgan fingerprint density at radius 3 is 3.06 bits per heavy atom. The molecule has 2 rings (SSSR count). The van der Waals surface area contributed by atoms with Crippen molar-refractivity contribution in [3.05, 3.63) is 40.2 Å². The van der Waals surface area contributed by atoms with E-state index in [9.17, 15) is 4.79 Å². The van der Waals surface area contributed by atoms with Gasteiger partial charge in [-0.2, -0.15) is 0 Å². The number of hydrogen-bond acceptors (Lipinski definition) is 5. The molecular formula is C10H10N2O3S. The van der Waals surface area contributed by atoms with Crippen LogP contribution in [0.15, 0.2) is 28.4 Å². The van der Waals surface area contributed by atoms with E-state index in [1.165, 1.54) is 0 Å². The molecule has 0 radical (unpaired) electrons. The van der Waals surface area contributed by atoms with Gasteiger partial charge in [-0.05, 0) is 6.07 Å². The van der Waals surface area contributed by atoms with Crippen molar-refractivity contribution in [2.45, 2.75) is 13.1 Å². The molecule has 0 aromatic carbocycles. The van der Waals surface area contributed by atoms with Crippen molar-refractivity contribution < 1.29 is 14.3 Å². The molecule has 5 nitrogen and oxygen atoms in total. The third kappa shape index (κ3) is 2.68. The number of thiazole rings is 1. The third-order valence-corrected chi connectivity index (χ3v) is 2.83. The van der Waals surface area contributed by atoms with Crippen LogP contribution in [0.2, 0.25) is 0 Å². The minimum atomic E-state index is -0.980. The molecule has 6 heteroatoms. The fourth-order valence-corrected chi connectivity index (χ4v) is 1.87. The van der Waals surface area contributed by atoms with E-state index in [1.54, 1.807) is 17.9 Å². The molecule has 84 valence electrons. The van der Waals surface area contributed by atoms with Crippen molar-refractivity contribution in [2.24, 2.45) is 0 Å². The SMILES string of the molecule is O=C(O)c1nc(CNCc2ccoc2)cs1. The Morgan fingerprint density at radius 1 is 1.56 bits per heavy atom. The summed E-state index contributed by atoms with van der Waals surface area (Å²) < 4.78 is 4.92. The number of nitrogens with zero attached hydrogens (tertiary/aromatic N) is 1.